The highest BCUT2D eigenvalue weighted by Gasteiger charge is 2.30. The van der Waals surface area contributed by atoms with Gasteiger partial charge in [-0.15, -0.1) is 5.10 Å². The number of benzene rings is 2. The van der Waals surface area contributed by atoms with E-state index in [9.17, 15) is 9.18 Å². The largest absolute Gasteiger partial charge is 0.491 e. The van der Waals surface area contributed by atoms with Gasteiger partial charge in [0.1, 0.15) is 23.9 Å². The molecule has 6 rings (SSSR count). The molecule has 0 bridgehead atoms. The highest BCUT2D eigenvalue weighted by Crippen LogP contribution is 2.39. The average Bonchev–Trinajstić information content (AvgIpc) is 3.54. The smallest absolute Gasteiger partial charge is 0.298 e. The summed E-state index contributed by atoms with van der Waals surface area (Å²) in [5.74, 6) is 6.10. The van der Waals surface area contributed by atoms with Crippen molar-refractivity contribution in [3.63, 3.8) is 0 Å². The second-order valence-electron chi connectivity index (χ2n) is 9.69. The number of halogens is 1. The van der Waals surface area contributed by atoms with E-state index in [4.69, 9.17) is 14.5 Å². The molecule has 2 aliphatic rings. The third-order valence-corrected chi connectivity index (χ3v) is 7.28. The standard InChI is InChI=1S/C30H28FN5O3/c1-3-5-28(37)35-14-12-22(13-15-35)32-24-18-39-25-17-19(8-9-23(24)25)29-30(20-6-4-7-21(31)16-20)36-26(33-29)10-11-27(34-36)38-2/h4,6-11,16-17,22,24,32H,12-15,18H2,1-2H3/t24-/m0/s1. The number of imidazole rings is 1. The van der Waals surface area contributed by atoms with E-state index in [1.807, 2.05) is 29.2 Å². The number of carbonyl (C=O) groups excluding carboxylic acids is 1. The Morgan fingerprint density at radius 1 is 1.13 bits per heavy atom. The van der Waals surface area contributed by atoms with Crippen LogP contribution in [-0.2, 0) is 4.79 Å². The maximum absolute atomic E-state index is 14.2. The summed E-state index contributed by atoms with van der Waals surface area (Å²) >= 11 is 0. The van der Waals surface area contributed by atoms with Crippen LogP contribution in [-0.4, -0.2) is 58.3 Å². The van der Waals surface area contributed by atoms with Gasteiger partial charge in [-0.1, -0.05) is 30.2 Å². The van der Waals surface area contributed by atoms with Crippen molar-refractivity contribution in [1.82, 2.24) is 24.8 Å². The van der Waals surface area contributed by atoms with Crippen molar-refractivity contribution in [2.75, 3.05) is 26.8 Å². The maximum Gasteiger partial charge on any atom is 0.298 e. The first kappa shape index (κ1) is 24.9. The summed E-state index contributed by atoms with van der Waals surface area (Å²) in [7, 11) is 1.56. The number of likely N-dealkylation sites (tertiary alicyclic amines) is 1. The van der Waals surface area contributed by atoms with Gasteiger partial charge >= 0.3 is 0 Å². The molecule has 0 unspecified atom stereocenters. The number of piperidine rings is 1. The first-order chi connectivity index (χ1) is 19.0. The van der Waals surface area contributed by atoms with E-state index in [1.54, 1.807) is 30.7 Å². The fourth-order valence-corrected chi connectivity index (χ4v) is 5.34. The van der Waals surface area contributed by atoms with Crippen LogP contribution < -0.4 is 14.8 Å². The van der Waals surface area contributed by atoms with Crippen molar-refractivity contribution in [2.45, 2.75) is 31.8 Å². The van der Waals surface area contributed by atoms with Crippen LogP contribution in [0.5, 0.6) is 11.6 Å². The minimum Gasteiger partial charge on any atom is -0.491 e. The van der Waals surface area contributed by atoms with Crippen molar-refractivity contribution >= 4 is 11.6 Å². The molecule has 1 atom stereocenters. The summed E-state index contributed by atoms with van der Waals surface area (Å²) in [5.41, 5.74) is 4.57. The number of hydrogen-bond acceptors (Lipinski definition) is 6. The summed E-state index contributed by atoms with van der Waals surface area (Å²) in [6.45, 7) is 3.60. The van der Waals surface area contributed by atoms with Gasteiger partial charge in [0.15, 0.2) is 5.65 Å². The average molecular weight is 526 g/mol. The van der Waals surface area contributed by atoms with E-state index in [2.05, 4.69) is 28.3 Å². The molecule has 0 aliphatic carbocycles. The molecular weight excluding hydrogens is 497 g/mol. The predicted molar refractivity (Wildman–Crippen MR) is 145 cm³/mol. The number of amides is 1. The summed E-state index contributed by atoms with van der Waals surface area (Å²) in [6.07, 6.45) is 1.74. The molecule has 2 aliphatic heterocycles. The fraction of sp³-hybridized carbons (Fsp3) is 0.300. The molecule has 4 heterocycles. The Labute approximate surface area is 225 Å². The summed E-state index contributed by atoms with van der Waals surface area (Å²) in [5, 5.41) is 8.28. The lowest BCUT2D eigenvalue weighted by atomic mass is 9.99. The number of methoxy groups -OCH3 is 1. The van der Waals surface area contributed by atoms with E-state index in [0.717, 1.165) is 29.7 Å². The fourth-order valence-electron chi connectivity index (χ4n) is 5.34. The van der Waals surface area contributed by atoms with Crippen molar-refractivity contribution in [3.8, 4) is 46.0 Å². The van der Waals surface area contributed by atoms with Gasteiger partial charge in [0.05, 0.1) is 18.8 Å². The van der Waals surface area contributed by atoms with Gasteiger partial charge < -0.3 is 19.7 Å². The Morgan fingerprint density at radius 2 is 1.97 bits per heavy atom. The zero-order valence-corrected chi connectivity index (χ0v) is 21.8. The molecule has 1 amide bonds. The Morgan fingerprint density at radius 3 is 2.74 bits per heavy atom. The zero-order valence-electron chi connectivity index (χ0n) is 21.8. The second-order valence-corrected chi connectivity index (χ2v) is 9.69. The lowest BCUT2D eigenvalue weighted by molar-refractivity contribution is -0.126. The van der Waals surface area contributed by atoms with E-state index in [0.29, 0.717) is 54.2 Å². The molecule has 8 nitrogen and oxygen atoms in total. The topological polar surface area (TPSA) is 81.0 Å². The first-order valence-corrected chi connectivity index (χ1v) is 13.0. The van der Waals surface area contributed by atoms with Gasteiger partial charge in [-0.05, 0) is 50.0 Å². The number of nitrogens with zero attached hydrogens (tertiary/aromatic N) is 4. The minimum atomic E-state index is -0.337. The van der Waals surface area contributed by atoms with Gasteiger partial charge in [-0.25, -0.2) is 13.9 Å². The van der Waals surface area contributed by atoms with Gasteiger partial charge in [-0.2, -0.15) is 0 Å². The van der Waals surface area contributed by atoms with Gasteiger partial charge in [0, 0.05) is 41.9 Å². The van der Waals surface area contributed by atoms with Crippen LogP contribution in [0, 0.1) is 17.7 Å². The number of hydrogen-bond donors (Lipinski definition) is 1. The van der Waals surface area contributed by atoms with Crippen LogP contribution in [0.4, 0.5) is 4.39 Å². The Hall–Kier alpha value is -4.42. The van der Waals surface area contributed by atoms with Crippen LogP contribution in [0.3, 0.4) is 0 Å². The third-order valence-electron chi connectivity index (χ3n) is 7.28. The molecular formula is C30H28FN5O3. The number of carbonyl (C=O) groups is 1. The summed E-state index contributed by atoms with van der Waals surface area (Å²) in [4.78, 5) is 18.7. The number of nitrogens with one attached hydrogen (secondary N) is 1. The molecule has 39 heavy (non-hydrogen) atoms. The zero-order chi connectivity index (χ0) is 26.9. The number of rotatable bonds is 5. The summed E-state index contributed by atoms with van der Waals surface area (Å²) < 4.78 is 27.3. The number of fused-ring (bicyclic) bond motifs is 2. The maximum atomic E-state index is 14.2. The van der Waals surface area contributed by atoms with E-state index < -0.39 is 0 Å². The Kier molecular flexibility index (Phi) is 6.63. The predicted octanol–water partition coefficient (Wildman–Crippen LogP) is 4.25. The second kappa shape index (κ2) is 10.4. The molecule has 198 valence electrons. The molecule has 1 fully saturated rings. The molecule has 0 saturated carbocycles. The van der Waals surface area contributed by atoms with Gasteiger partial charge in [0.25, 0.3) is 5.91 Å². The highest BCUT2D eigenvalue weighted by molar-refractivity contribution is 5.93. The first-order valence-electron chi connectivity index (χ1n) is 13.0. The van der Waals surface area contributed by atoms with E-state index >= 15 is 0 Å². The van der Waals surface area contributed by atoms with Crippen LogP contribution in [0.1, 0.15) is 31.4 Å². The normalized spacial score (nSPS) is 16.9. The highest BCUT2D eigenvalue weighted by atomic mass is 19.1. The third kappa shape index (κ3) is 4.79. The van der Waals surface area contributed by atoms with Crippen LogP contribution >= 0.6 is 0 Å². The van der Waals surface area contributed by atoms with Crippen LogP contribution in [0.15, 0.2) is 54.6 Å². The lowest BCUT2D eigenvalue weighted by Gasteiger charge is -2.32. The number of ether oxygens (including phenoxy) is 2. The quantitative estimate of drug-likeness (QED) is 0.393. The molecule has 2 aromatic heterocycles. The van der Waals surface area contributed by atoms with Crippen LogP contribution in [0.2, 0.25) is 0 Å². The molecule has 0 radical (unpaired) electrons. The van der Waals surface area contributed by atoms with Crippen molar-refractivity contribution < 1.29 is 18.7 Å². The van der Waals surface area contributed by atoms with Gasteiger partial charge in [0.2, 0.25) is 5.88 Å². The molecule has 4 aromatic rings. The van der Waals surface area contributed by atoms with Crippen molar-refractivity contribution in [1.29, 1.82) is 0 Å². The molecule has 1 N–H and O–H groups in total. The molecule has 1 saturated heterocycles. The van der Waals surface area contributed by atoms with E-state index in [-0.39, 0.29) is 17.8 Å². The lowest BCUT2D eigenvalue weighted by Crippen LogP contribution is -2.45. The van der Waals surface area contributed by atoms with E-state index in [1.165, 1.54) is 12.1 Å². The molecule has 2 aromatic carbocycles. The monoisotopic (exact) mass is 525 g/mol. The summed E-state index contributed by atoms with van der Waals surface area (Å²) in [6, 6.07) is 16.4. The molecule has 0 spiro atoms. The molecule has 9 heteroatoms. The minimum absolute atomic E-state index is 0.0615. The van der Waals surface area contributed by atoms with Crippen molar-refractivity contribution in [2.24, 2.45) is 0 Å². The Balaban J connectivity index is 1.28. The van der Waals surface area contributed by atoms with Crippen molar-refractivity contribution in [3.05, 3.63) is 66.0 Å². The number of aromatic nitrogens is 3. The SMILES string of the molecule is CC#CC(=O)N1CCC(N[C@H]2COc3cc(-c4nc5ccc(OC)nn5c4-c4cccc(F)c4)ccc32)CC1. The van der Waals surface area contributed by atoms with Crippen LogP contribution in [0.25, 0.3) is 28.2 Å². The van der Waals surface area contributed by atoms with Gasteiger partial charge in [-0.3, -0.25) is 4.79 Å². The Bertz CT molecular complexity index is 1610.